The molecule has 0 atom stereocenters. The number of hydrogen-bond donors (Lipinski definition) is 0. The molecule has 8 nitrogen and oxygen atoms in total. The van der Waals surface area contributed by atoms with Crippen LogP contribution in [0.15, 0.2) is 73.1 Å². The van der Waals surface area contributed by atoms with E-state index in [0.717, 1.165) is 41.6 Å². The molecule has 0 N–H and O–H groups in total. The van der Waals surface area contributed by atoms with Crippen molar-refractivity contribution in [1.82, 2.24) is 24.7 Å². The van der Waals surface area contributed by atoms with E-state index in [1.54, 1.807) is 10.8 Å². The summed E-state index contributed by atoms with van der Waals surface area (Å²) in [6.07, 6.45) is 1.98. The number of amides is 1. The van der Waals surface area contributed by atoms with Crippen molar-refractivity contribution in [3.05, 3.63) is 78.6 Å². The van der Waals surface area contributed by atoms with Crippen LogP contribution in [0.4, 0.5) is 5.82 Å². The maximum absolute atomic E-state index is 12.8. The second-order valence-electron chi connectivity index (χ2n) is 7.43. The maximum atomic E-state index is 12.8. The zero-order valence-corrected chi connectivity index (χ0v) is 17.0. The number of ether oxygens (including phenoxy) is 1. The smallest absolute Gasteiger partial charge is 0.227 e. The molecule has 4 aromatic rings. The second kappa shape index (κ2) is 8.43. The Bertz CT molecular complexity index is 1170. The van der Waals surface area contributed by atoms with Crippen LogP contribution in [0, 0.1) is 0 Å². The first-order valence-corrected chi connectivity index (χ1v) is 10.3. The van der Waals surface area contributed by atoms with Crippen molar-refractivity contribution in [3.8, 4) is 11.5 Å². The van der Waals surface area contributed by atoms with Crippen LogP contribution in [0.25, 0.3) is 5.65 Å². The molecule has 2 aromatic heterocycles. The maximum Gasteiger partial charge on any atom is 0.227 e. The van der Waals surface area contributed by atoms with Crippen LogP contribution in [0.5, 0.6) is 11.5 Å². The van der Waals surface area contributed by atoms with Gasteiger partial charge < -0.3 is 14.5 Å². The topological polar surface area (TPSA) is 75.9 Å². The van der Waals surface area contributed by atoms with Gasteiger partial charge in [0.1, 0.15) is 23.6 Å². The summed E-state index contributed by atoms with van der Waals surface area (Å²) in [5.41, 5.74) is 1.70. The Labute approximate surface area is 179 Å². The highest BCUT2D eigenvalue weighted by atomic mass is 16.5. The van der Waals surface area contributed by atoms with Crippen LogP contribution in [-0.4, -0.2) is 56.8 Å². The average Bonchev–Trinajstić information content (AvgIpc) is 3.29. The highest BCUT2D eigenvalue weighted by Gasteiger charge is 2.22. The van der Waals surface area contributed by atoms with Crippen molar-refractivity contribution in [2.45, 2.75) is 6.42 Å². The number of carbonyl (C=O) groups excluding carboxylic acids is 1. The molecule has 0 bridgehead atoms. The van der Waals surface area contributed by atoms with Gasteiger partial charge in [0.2, 0.25) is 5.91 Å². The van der Waals surface area contributed by atoms with Gasteiger partial charge in [-0.15, -0.1) is 15.3 Å². The summed E-state index contributed by atoms with van der Waals surface area (Å²) in [6, 6.07) is 21.2. The summed E-state index contributed by atoms with van der Waals surface area (Å²) >= 11 is 0. The minimum Gasteiger partial charge on any atom is -0.457 e. The summed E-state index contributed by atoms with van der Waals surface area (Å²) in [5.74, 6) is 2.56. The minimum absolute atomic E-state index is 0.138. The molecule has 1 aliphatic heterocycles. The number of benzene rings is 2. The van der Waals surface area contributed by atoms with E-state index in [1.807, 2.05) is 71.6 Å². The summed E-state index contributed by atoms with van der Waals surface area (Å²) < 4.78 is 7.48. The molecule has 0 unspecified atom stereocenters. The third-order valence-electron chi connectivity index (χ3n) is 5.36. The van der Waals surface area contributed by atoms with Crippen LogP contribution in [0.2, 0.25) is 0 Å². The van der Waals surface area contributed by atoms with Crippen molar-refractivity contribution in [1.29, 1.82) is 0 Å². The summed E-state index contributed by atoms with van der Waals surface area (Å²) in [5, 5.41) is 12.4. The molecule has 1 saturated heterocycles. The monoisotopic (exact) mass is 414 g/mol. The Hall–Kier alpha value is -3.94. The number of fused-ring (bicyclic) bond motifs is 1. The molecule has 5 rings (SSSR count). The van der Waals surface area contributed by atoms with Gasteiger partial charge in [0.25, 0.3) is 0 Å². The molecule has 1 aliphatic rings. The van der Waals surface area contributed by atoms with Crippen LogP contribution in [0.1, 0.15) is 5.56 Å². The number of piperazine rings is 1. The minimum atomic E-state index is 0.138. The van der Waals surface area contributed by atoms with E-state index in [-0.39, 0.29) is 5.91 Å². The Morgan fingerprint density at radius 3 is 2.39 bits per heavy atom. The van der Waals surface area contributed by atoms with Crippen molar-refractivity contribution in [3.63, 3.8) is 0 Å². The molecule has 31 heavy (non-hydrogen) atoms. The number of nitrogens with zero attached hydrogens (tertiary/aromatic N) is 6. The third kappa shape index (κ3) is 4.32. The fourth-order valence-corrected chi connectivity index (χ4v) is 3.66. The quantitative estimate of drug-likeness (QED) is 0.500. The van der Waals surface area contributed by atoms with Crippen LogP contribution >= 0.6 is 0 Å². The number of aromatic nitrogens is 4. The van der Waals surface area contributed by atoms with E-state index in [4.69, 9.17) is 4.74 Å². The second-order valence-corrected chi connectivity index (χ2v) is 7.43. The molecule has 3 heterocycles. The zero-order valence-electron chi connectivity index (χ0n) is 17.0. The molecule has 156 valence electrons. The lowest BCUT2D eigenvalue weighted by molar-refractivity contribution is -0.130. The first-order chi connectivity index (χ1) is 15.2. The largest absolute Gasteiger partial charge is 0.457 e. The van der Waals surface area contributed by atoms with Crippen molar-refractivity contribution < 1.29 is 9.53 Å². The van der Waals surface area contributed by atoms with E-state index in [2.05, 4.69) is 20.2 Å². The van der Waals surface area contributed by atoms with Gasteiger partial charge in [-0.3, -0.25) is 4.79 Å². The van der Waals surface area contributed by atoms with Gasteiger partial charge in [-0.05, 0) is 42.0 Å². The third-order valence-corrected chi connectivity index (χ3v) is 5.36. The first kappa shape index (κ1) is 19.0. The van der Waals surface area contributed by atoms with E-state index in [1.165, 1.54) is 0 Å². The average molecular weight is 414 g/mol. The number of para-hydroxylation sites is 1. The molecule has 8 heteroatoms. The number of hydrogen-bond acceptors (Lipinski definition) is 6. The van der Waals surface area contributed by atoms with Crippen LogP contribution < -0.4 is 9.64 Å². The molecule has 1 fully saturated rings. The highest BCUT2D eigenvalue weighted by molar-refractivity contribution is 5.79. The standard InChI is InChI=1S/C23H22N6O2/c30-23(16-18-6-8-20(9-7-18)31-19-4-2-1-3-5-19)28-14-12-27(13-15-28)22-11-10-21-25-24-17-29(21)26-22/h1-11,17H,12-16H2. The lowest BCUT2D eigenvalue weighted by Crippen LogP contribution is -2.49. The highest BCUT2D eigenvalue weighted by Crippen LogP contribution is 2.21. The Kier molecular flexibility index (Phi) is 5.18. The predicted molar refractivity (Wildman–Crippen MR) is 116 cm³/mol. The summed E-state index contributed by atoms with van der Waals surface area (Å²) in [4.78, 5) is 16.9. The van der Waals surface area contributed by atoms with Crippen molar-refractivity contribution in [2.75, 3.05) is 31.1 Å². The summed E-state index contributed by atoms with van der Waals surface area (Å²) in [7, 11) is 0. The van der Waals surface area contributed by atoms with Gasteiger partial charge >= 0.3 is 0 Å². The van der Waals surface area contributed by atoms with E-state index in [0.29, 0.717) is 19.5 Å². The fourth-order valence-electron chi connectivity index (χ4n) is 3.66. The van der Waals surface area contributed by atoms with Gasteiger partial charge in [0.15, 0.2) is 5.65 Å². The van der Waals surface area contributed by atoms with Gasteiger partial charge in [0, 0.05) is 26.2 Å². The molecule has 0 aliphatic carbocycles. The van der Waals surface area contributed by atoms with E-state index < -0.39 is 0 Å². The number of carbonyl (C=O) groups is 1. The van der Waals surface area contributed by atoms with Crippen molar-refractivity contribution in [2.24, 2.45) is 0 Å². The SMILES string of the molecule is O=C(Cc1ccc(Oc2ccccc2)cc1)N1CCN(c2ccc3nncn3n2)CC1. The Morgan fingerprint density at radius 2 is 1.61 bits per heavy atom. The summed E-state index contributed by atoms with van der Waals surface area (Å²) in [6.45, 7) is 2.85. The Morgan fingerprint density at radius 1 is 0.871 bits per heavy atom. The van der Waals surface area contributed by atoms with Gasteiger partial charge in [0.05, 0.1) is 6.42 Å². The Balaban J connectivity index is 1.15. The van der Waals surface area contributed by atoms with Gasteiger partial charge in [-0.1, -0.05) is 30.3 Å². The molecule has 0 radical (unpaired) electrons. The van der Waals surface area contributed by atoms with E-state index >= 15 is 0 Å². The van der Waals surface area contributed by atoms with Crippen LogP contribution in [-0.2, 0) is 11.2 Å². The number of anilines is 1. The molecule has 0 spiro atoms. The predicted octanol–water partition coefficient (Wildman–Crippen LogP) is 2.81. The van der Waals surface area contributed by atoms with Crippen LogP contribution in [0.3, 0.4) is 0 Å². The molecular formula is C23H22N6O2. The van der Waals surface area contributed by atoms with Gasteiger partial charge in [-0.2, -0.15) is 4.52 Å². The molecular weight excluding hydrogens is 392 g/mol. The fraction of sp³-hybridized carbons (Fsp3) is 0.217. The zero-order chi connectivity index (χ0) is 21.0. The molecule has 0 saturated carbocycles. The normalized spacial score (nSPS) is 14.1. The lowest BCUT2D eigenvalue weighted by Gasteiger charge is -2.35. The van der Waals surface area contributed by atoms with Gasteiger partial charge in [-0.25, -0.2) is 0 Å². The lowest BCUT2D eigenvalue weighted by atomic mass is 10.1. The van der Waals surface area contributed by atoms with E-state index in [9.17, 15) is 4.79 Å². The van der Waals surface area contributed by atoms with Crippen molar-refractivity contribution >= 4 is 17.4 Å². The first-order valence-electron chi connectivity index (χ1n) is 10.3. The molecule has 1 amide bonds. The number of rotatable bonds is 5. The molecule has 2 aromatic carbocycles.